The minimum Gasteiger partial charge on any atom is -0.344 e. The van der Waals surface area contributed by atoms with E-state index in [2.05, 4.69) is 17.0 Å². The molecule has 0 aromatic heterocycles. The molecule has 0 unspecified atom stereocenters. The van der Waals surface area contributed by atoms with Crippen LogP contribution in [0.4, 0.5) is 0 Å². The van der Waals surface area contributed by atoms with Gasteiger partial charge in [0.25, 0.3) is 0 Å². The minimum atomic E-state index is -4.69. The first-order chi connectivity index (χ1) is 3.00. The van der Waals surface area contributed by atoms with Crippen molar-refractivity contribution >= 4 is 11.8 Å². The largest absolute Gasteiger partial charge is 0.344 e. The summed E-state index contributed by atoms with van der Waals surface area (Å²) >= 11 is 4.14. The molecule has 0 radical (unpaired) electrons. The van der Waals surface area contributed by atoms with Crippen molar-refractivity contribution in [3.05, 3.63) is 0 Å². The van der Waals surface area contributed by atoms with Crippen LogP contribution in [-0.4, -0.2) is 4.66 Å². The Kier molecular flexibility index (Phi) is 87.8. The maximum atomic E-state index is 8.60. The van der Waals surface area contributed by atoms with E-state index in [9.17, 15) is 0 Å². The van der Waals surface area contributed by atoms with Crippen molar-refractivity contribution in [2.45, 2.75) is 0 Å². The molecule has 78 valence electrons. The molecular weight excluding hydrogens is 205 g/mol. The second kappa shape index (κ2) is 22.5. The van der Waals surface area contributed by atoms with Crippen molar-refractivity contribution in [1.82, 2.24) is 24.6 Å². The number of hydrogen-bond donors (Lipinski definition) is 6. The van der Waals surface area contributed by atoms with Crippen LogP contribution in [0.15, 0.2) is 0 Å². The third kappa shape index (κ3) is 14300. The van der Waals surface area contributed by atoms with E-state index in [0.29, 0.717) is 0 Å². The summed E-state index contributed by atoms with van der Waals surface area (Å²) in [5.41, 5.74) is 0. The zero-order valence-electron chi connectivity index (χ0n) is 5.83. The molecule has 0 atom stereocenters. The lowest BCUT2D eigenvalue weighted by Gasteiger charge is -2.03. The molecule has 0 aromatic carbocycles. The lowest BCUT2D eigenvalue weighted by atomic mass is 14.0. The first-order valence-electron chi connectivity index (χ1n) is 0.850. The highest BCUT2D eigenvalue weighted by atomic mass is 35.7. The van der Waals surface area contributed by atoms with E-state index in [-0.39, 0.29) is 24.6 Å². The monoisotopic (exact) mass is 219 g/mol. The molecule has 0 heterocycles. The van der Waals surface area contributed by atoms with Gasteiger partial charge in [-0.25, -0.2) is 5.25 Å². The van der Waals surface area contributed by atoms with Crippen LogP contribution < -0.4 is 43.8 Å². The quantitative estimate of drug-likeness (QED) is 0.222. The van der Waals surface area contributed by atoms with Crippen molar-refractivity contribution < 1.29 is 28.9 Å². The summed E-state index contributed by atoms with van der Waals surface area (Å²) in [6.07, 6.45) is 0. The first-order valence-corrected chi connectivity index (χ1v) is 2.55. The van der Waals surface area contributed by atoms with Crippen LogP contribution in [-0.2, 0) is 0 Å². The molecule has 11 heavy (non-hydrogen) atoms. The van der Waals surface area contributed by atoms with Gasteiger partial charge in [0.15, 0.2) is 0 Å². The molecule has 0 saturated carbocycles. The fraction of sp³-hybridized carbons (Fsp3) is 0. The Morgan fingerprint density at radius 3 is 0.909 bits per heavy atom. The summed E-state index contributed by atoms with van der Waals surface area (Å²) in [6.45, 7) is 0. The van der Waals surface area contributed by atoms with Crippen LogP contribution in [0, 0.1) is 10.2 Å². The molecule has 0 bridgehead atoms. The van der Waals surface area contributed by atoms with Gasteiger partial charge in [0.2, 0.25) is 0 Å². The number of rotatable bonds is 0. The molecule has 9 nitrogen and oxygen atoms in total. The number of halogens is 2. The molecule has 0 amide bonds. The van der Waals surface area contributed by atoms with Gasteiger partial charge < -0.3 is 24.6 Å². The Bertz CT molecular complexity index is 32.0. The van der Waals surface area contributed by atoms with Gasteiger partial charge in [-0.2, -0.15) is 14.0 Å². The van der Waals surface area contributed by atoms with Crippen molar-refractivity contribution in [3.8, 4) is 0 Å². The molecule has 0 aliphatic heterocycles. The van der Waals surface area contributed by atoms with Gasteiger partial charge in [0.1, 0.15) is 0 Å². The second-order valence-corrected chi connectivity index (χ2v) is 1.19. The maximum Gasteiger partial charge on any atom is 0.0777 e. The second-order valence-electron chi connectivity index (χ2n) is 0.396. The molecule has 0 spiro atoms. The Labute approximate surface area is 71.3 Å². The van der Waals surface area contributed by atoms with Crippen LogP contribution in [0.5, 0.6) is 0 Å². The van der Waals surface area contributed by atoms with Crippen LogP contribution in [0.1, 0.15) is 0 Å². The summed E-state index contributed by atoms with van der Waals surface area (Å²) in [5.74, 6) is 0. The van der Waals surface area contributed by atoms with E-state index in [0.717, 1.165) is 0 Å². The topological polar surface area (TPSA) is 255 Å². The van der Waals surface area contributed by atoms with Crippen LogP contribution in [0.3, 0.4) is 0 Å². The summed E-state index contributed by atoms with van der Waals surface area (Å²) < 4.78 is 32.7. The van der Waals surface area contributed by atoms with Crippen LogP contribution in [0.25, 0.3) is 0 Å². The van der Waals surface area contributed by atoms with E-state index < -0.39 is 10.2 Å². The van der Waals surface area contributed by atoms with E-state index in [1.807, 2.05) is 0 Å². The normalized spacial score (nSPS) is 6.00. The highest BCUT2D eigenvalue weighted by molar-refractivity contribution is 6.11. The summed E-state index contributed by atoms with van der Waals surface area (Å²) in [7, 11) is -4.69. The van der Waals surface area contributed by atoms with Gasteiger partial charge in [-0.15, -0.1) is 0 Å². The average Bonchev–Trinajstić information content (AvgIpc) is 1.36. The maximum absolute atomic E-state index is 8.60. The van der Waals surface area contributed by atoms with E-state index in [1.54, 1.807) is 0 Å². The van der Waals surface area contributed by atoms with Gasteiger partial charge in [-0.05, 0) is 11.8 Å². The SMILES string of the molecule is N.N.N.N.NCl.[O-][Cl+3]([O-])([O-])O. The Morgan fingerprint density at radius 2 is 0.909 bits per heavy atom. The third-order valence-electron chi connectivity index (χ3n) is 0. The van der Waals surface area contributed by atoms with Gasteiger partial charge in [0.05, 0.1) is 14.9 Å². The fourth-order valence-corrected chi connectivity index (χ4v) is 0. The highest BCUT2D eigenvalue weighted by Gasteiger charge is 1.98. The minimum absolute atomic E-state index is 0. The van der Waals surface area contributed by atoms with Crippen molar-refractivity contribution in [1.29, 1.82) is 0 Å². The average molecular weight is 220 g/mol. The Balaban J connectivity index is -0.00000000972. The highest BCUT2D eigenvalue weighted by Crippen LogP contribution is 1.60. The summed E-state index contributed by atoms with van der Waals surface area (Å²) in [4.78, 5) is 0. The van der Waals surface area contributed by atoms with E-state index >= 15 is 0 Å². The number of hydrogen-bond acceptors (Lipinski definition) is 9. The number of nitrogens with two attached hydrogens (primary N) is 1. The van der Waals surface area contributed by atoms with Crippen molar-refractivity contribution in [2.24, 2.45) is 5.25 Å². The summed E-state index contributed by atoms with van der Waals surface area (Å²) in [5, 5.41) is 3.97. The zero-order chi connectivity index (χ0) is 6.50. The molecule has 0 aliphatic rings. The molecular formula is H15Cl2N5O4. The van der Waals surface area contributed by atoms with E-state index in [4.69, 9.17) is 18.6 Å². The predicted molar refractivity (Wildman–Crippen MR) is 32.3 cm³/mol. The lowest BCUT2D eigenvalue weighted by molar-refractivity contribution is -1.92. The lowest BCUT2D eigenvalue weighted by Crippen LogP contribution is -2.58. The molecule has 0 aromatic rings. The van der Waals surface area contributed by atoms with Gasteiger partial charge in [0, 0.05) is 0 Å². The molecule has 15 N–H and O–H groups in total. The fourth-order valence-electron chi connectivity index (χ4n) is 0. The van der Waals surface area contributed by atoms with Crippen LogP contribution >= 0.6 is 11.8 Å². The van der Waals surface area contributed by atoms with Gasteiger partial charge in [-0.3, -0.25) is 0 Å². The molecule has 0 rings (SSSR count). The van der Waals surface area contributed by atoms with Gasteiger partial charge in [-0.1, -0.05) is 0 Å². The zero-order valence-corrected chi connectivity index (χ0v) is 7.35. The predicted octanol–water partition coefficient (Wildman–Crippen LogP) is -3.38. The van der Waals surface area contributed by atoms with Gasteiger partial charge >= 0.3 is 0 Å². The molecule has 0 aliphatic carbocycles. The standard InChI is InChI=1S/ClH2N.ClHO4.4H3N/c1-2;2-1(3,4)5;;;;/h2H2;(H,2,3,4,5);4*1H3. The molecule has 11 heteroatoms. The van der Waals surface area contributed by atoms with Crippen molar-refractivity contribution in [2.75, 3.05) is 0 Å². The van der Waals surface area contributed by atoms with E-state index in [1.165, 1.54) is 0 Å². The summed E-state index contributed by atoms with van der Waals surface area (Å²) in [6, 6.07) is 0. The van der Waals surface area contributed by atoms with Crippen LogP contribution in [0.2, 0.25) is 0 Å². The molecule has 0 fully saturated rings. The Hall–Kier alpha value is 0.220. The Morgan fingerprint density at radius 1 is 0.909 bits per heavy atom. The first kappa shape index (κ1) is 43.0. The smallest absolute Gasteiger partial charge is 0.0777 e. The molecule has 0 saturated heterocycles. The van der Waals surface area contributed by atoms with Crippen molar-refractivity contribution in [3.63, 3.8) is 0 Å². The third-order valence-corrected chi connectivity index (χ3v) is 0.